The average Bonchev–Trinajstić information content (AvgIpc) is 3.22. The fourth-order valence-electron chi connectivity index (χ4n) is 2.24. The Hall–Kier alpha value is -2.10. The van der Waals surface area contributed by atoms with Crippen molar-refractivity contribution in [3.8, 4) is 0 Å². The Labute approximate surface area is 113 Å². The van der Waals surface area contributed by atoms with Gasteiger partial charge in [0, 0.05) is 30.0 Å². The minimum atomic E-state index is 0.592. The van der Waals surface area contributed by atoms with Gasteiger partial charge >= 0.3 is 0 Å². The van der Waals surface area contributed by atoms with Gasteiger partial charge in [-0.1, -0.05) is 18.2 Å². The summed E-state index contributed by atoms with van der Waals surface area (Å²) >= 11 is 0. The van der Waals surface area contributed by atoms with Crippen LogP contribution in [0.3, 0.4) is 0 Å². The number of para-hydroxylation sites is 1. The molecule has 1 saturated carbocycles. The summed E-state index contributed by atoms with van der Waals surface area (Å²) in [5.74, 6) is 0.998. The zero-order valence-electron chi connectivity index (χ0n) is 11.1. The van der Waals surface area contributed by atoms with Crippen molar-refractivity contribution in [2.75, 3.05) is 10.6 Å². The minimum Gasteiger partial charge on any atom is -0.398 e. The van der Waals surface area contributed by atoms with Crippen LogP contribution in [0.15, 0.2) is 36.7 Å². The molecule has 4 nitrogen and oxygen atoms in total. The number of rotatable bonds is 4. The molecule has 1 heterocycles. The molecule has 1 aromatic heterocycles. The summed E-state index contributed by atoms with van der Waals surface area (Å²) in [6.07, 6.45) is 4.10. The van der Waals surface area contributed by atoms with E-state index in [9.17, 15) is 0 Å². The number of aromatic nitrogens is 2. The number of hydrogen-bond acceptors (Lipinski definition) is 4. The second-order valence-corrected chi connectivity index (χ2v) is 5.08. The van der Waals surface area contributed by atoms with E-state index in [0.717, 1.165) is 29.3 Å². The van der Waals surface area contributed by atoms with Crippen molar-refractivity contribution in [2.24, 2.45) is 0 Å². The summed E-state index contributed by atoms with van der Waals surface area (Å²) in [6.45, 7) is 2.81. The third kappa shape index (κ3) is 2.67. The Kier molecular flexibility index (Phi) is 3.07. The molecule has 1 aliphatic carbocycles. The van der Waals surface area contributed by atoms with Gasteiger partial charge in [0.15, 0.2) is 0 Å². The van der Waals surface area contributed by atoms with Crippen LogP contribution in [0.1, 0.15) is 24.1 Å². The molecule has 0 saturated heterocycles. The highest BCUT2D eigenvalue weighted by Gasteiger charge is 2.30. The molecule has 4 heteroatoms. The molecule has 1 fully saturated rings. The lowest BCUT2D eigenvalue weighted by Crippen LogP contribution is -2.26. The van der Waals surface area contributed by atoms with Crippen molar-refractivity contribution >= 4 is 11.5 Å². The van der Waals surface area contributed by atoms with E-state index in [1.54, 1.807) is 6.33 Å². The largest absolute Gasteiger partial charge is 0.398 e. The molecule has 0 atom stereocenters. The third-order valence-corrected chi connectivity index (χ3v) is 3.47. The zero-order valence-corrected chi connectivity index (χ0v) is 11.1. The van der Waals surface area contributed by atoms with E-state index in [2.05, 4.69) is 20.9 Å². The van der Waals surface area contributed by atoms with E-state index in [4.69, 9.17) is 5.73 Å². The molecule has 0 aliphatic heterocycles. The van der Waals surface area contributed by atoms with Crippen molar-refractivity contribution in [1.82, 2.24) is 9.97 Å². The van der Waals surface area contributed by atoms with Crippen LogP contribution in [-0.2, 0) is 6.54 Å². The highest BCUT2D eigenvalue weighted by Crippen LogP contribution is 2.32. The van der Waals surface area contributed by atoms with Crippen molar-refractivity contribution in [1.29, 1.82) is 0 Å². The maximum absolute atomic E-state index is 6.04. The van der Waals surface area contributed by atoms with Gasteiger partial charge in [-0.3, -0.25) is 0 Å². The highest BCUT2D eigenvalue weighted by atomic mass is 15.2. The first-order valence-corrected chi connectivity index (χ1v) is 6.63. The van der Waals surface area contributed by atoms with Crippen LogP contribution in [-0.4, -0.2) is 16.0 Å². The number of nitrogen functional groups attached to an aromatic ring is 1. The first-order chi connectivity index (χ1) is 9.24. The van der Waals surface area contributed by atoms with Crippen LogP contribution < -0.4 is 10.6 Å². The van der Waals surface area contributed by atoms with Gasteiger partial charge in [0.1, 0.15) is 12.1 Å². The van der Waals surface area contributed by atoms with Gasteiger partial charge < -0.3 is 10.6 Å². The summed E-state index contributed by atoms with van der Waals surface area (Å²) in [7, 11) is 0. The van der Waals surface area contributed by atoms with E-state index in [-0.39, 0.29) is 0 Å². The second kappa shape index (κ2) is 4.88. The fourth-order valence-corrected chi connectivity index (χ4v) is 2.24. The molecule has 0 radical (unpaired) electrons. The molecular weight excluding hydrogens is 236 g/mol. The Morgan fingerprint density at radius 2 is 2.05 bits per heavy atom. The van der Waals surface area contributed by atoms with Crippen LogP contribution >= 0.6 is 0 Å². The number of aryl methyl sites for hydroxylation is 1. The molecule has 1 aromatic carbocycles. The SMILES string of the molecule is Cc1cc(N(Cc2ccccc2N)C2CC2)ncn1. The average molecular weight is 254 g/mol. The predicted molar refractivity (Wildman–Crippen MR) is 76.8 cm³/mol. The molecule has 0 bridgehead atoms. The topological polar surface area (TPSA) is 55.0 Å². The molecule has 0 unspecified atom stereocenters. The van der Waals surface area contributed by atoms with E-state index in [1.807, 2.05) is 31.2 Å². The van der Waals surface area contributed by atoms with Crippen LogP contribution in [0.4, 0.5) is 11.5 Å². The predicted octanol–water partition coefficient (Wildman–Crippen LogP) is 2.54. The summed E-state index contributed by atoms with van der Waals surface area (Å²) in [6, 6.07) is 10.7. The van der Waals surface area contributed by atoms with E-state index >= 15 is 0 Å². The van der Waals surface area contributed by atoms with Gasteiger partial charge in [0.2, 0.25) is 0 Å². The van der Waals surface area contributed by atoms with Crippen molar-refractivity contribution < 1.29 is 0 Å². The molecule has 0 amide bonds. The molecule has 2 aromatic rings. The first-order valence-electron chi connectivity index (χ1n) is 6.63. The van der Waals surface area contributed by atoms with E-state index in [1.165, 1.54) is 12.8 Å². The van der Waals surface area contributed by atoms with Crippen molar-refractivity contribution in [3.05, 3.63) is 47.9 Å². The summed E-state index contributed by atoms with van der Waals surface area (Å²) < 4.78 is 0. The van der Waals surface area contributed by atoms with Crippen LogP contribution in [0, 0.1) is 6.92 Å². The van der Waals surface area contributed by atoms with Gasteiger partial charge in [-0.25, -0.2) is 9.97 Å². The Morgan fingerprint density at radius 1 is 1.26 bits per heavy atom. The van der Waals surface area contributed by atoms with E-state index < -0.39 is 0 Å². The molecule has 98 valence electrons. The fraction of sp³-hybridized carbons (Fsp3) is 0.333. The number of benzene rings is 1. The minimum absolute atomic E-state index is 0.592. The summed E-state index contributed by atoms with van der Waals surface area (Å²) in [5.41, 5.74) is 9.04. The van der Waals surface area contributed by atoms with Crippen LogP contribution in [0.5, 0.6) is 0 Å². The molecule has 3 rings (SSSR count). The Balaban J connectivity index is 1.88. The number of hydrogen-bond donors (Lipinski definition) is 1. The quantitative estimate of drug-likeness (QED) is 0.852. The second-order valence-electron chi connectivity index (χ2n) is 5.08. The zero-order chi connectivity index (χ0) is 13.2. The standard InChI is InChI=1S/C15H18N4/c1-11-8-15(18-10-17-11)19(13-6-7-13)9-12-4-2-3-5-14(12)16/h2-5,8,10,13H,6-7,9,16H2,1H3. The van der Waals surface area contributed by atoms with Crippen molar-refractivity contribution in [2.45, 2.75) is 32.4 Å². The van der Waals surface area contributed by atoms with Gasteiger partial charge in [0.25, 0.3) is 0 Å². The molecule has 19 heavy (non-hydrogen) atoms. The Morgan fingerprint density at radius 3 is 2.74 bits per heavy atom. The van der Waals surface area contributed by atoms with Gasteiger partial charge in [-0.05, 0) is 31.4 Å². The highest BCUT2D eigenvalue weighted by molar-refractivity contribution is 5.50. The van der Waals surface area contributed by atoms with Gasteiger partial charge in [-0.15, -0.1) is 0 Å². The lowest BCUT2D eigenvalue weighted by Gasteiger charge is -2.24. The molecule has 0 spiro atoms. The van der Waals surface area contributed by atoms with Gasteiger partial charge in [-0.2, -0.15) is 0 Å². The van der Waals surface area contributed by atoms with Crippen LogP contribution in [0.25, 0.3) is 0 Å². The summed E-state index contributed by atoms with van der Waals surface area (Å²) in [5, 5.41) is 0. The molecule has 2 N–H and O–H groups in total. The van der Waals surface area contributed by atoms with E-state index in [0.29, 0.717) is 6.04 Å². The number of nitrogens with two attached hydrogens (primary N) is 1. The van der Waals surface area contributed by atoms with Crippen molar-refractivity contribution in [3.63, 3.8) is 0 Å². The number of anilines is 2. The maximum Gasteiger partial charge on any atom is 0.132 e. The summed E-state index contributed by atoms with van der Waals surface area (Å²) in [4.78, 5) is 10.9. The smallest absolute Gasteiger partial charge is 0.132 e. The normalized spacial score (nSPS) is 14.4. The molecule has 1 aliphatic rings. The molecular formula is C15H18N4. The maximum atomic E-state index is 6.04. The van der Waals surface area contributed by atoms with Gasteiger partial charge in [0.05, 0.1) is 0 Å². The third-order valence-electron chi connectivity index (χ3n) is 3.47. The number of nitrogens with zero attached hydrogens (tertiary/aromatic N) is 3. The van der Waals surface area contributed by atoms with Crippen LogP contribution in [0.2, 0.25) is 0 Å². The monoisotopic (exact) mass is 254 g/mol. The first kappa shape index (κ1) is 12.0. The Bertz CT molecular complexity index is 578. The lowest BCUT2D eigenvalue weighted by molar-refractivity contribution is 0.775. The lowest BCUT2D eigenvalue weighted by atomic mass is 10.1.